The van der Waals surface area contributed by atoms with Gasteiger partial charge in [-0.25, -0.2) is 4.98 Å². The van der Waals surface area contributed by atoms with Gasteiger partial charge < -0.3 is 10.2 Å². The molecule has 2 aromatic heterocycles. The third kappa shape index (κ3) is 3.75. The SMILES string of the molecule is CCN(CC)C(=O)c1nc(C(=O)NCCC(C)C)c2ccccn12. The van der Waals surface area contributed by atoms with Gasteiger partial charge in [-0.05, 0) is 38.3 Å². The van der Waals surface area contributed by atoms with E-state index in [2.05, 4.69) is 24.1 Å². The summed E-state index contributed by atoms with van der Waals surface area (Å²) in [4.78, 5) is 31.2. The number of nitrogens with zero attached hydrogens (tertiary/aromatic N) is 3. The number of aromatic nitrogens is 2. The molecule has 2 heterocycles. The summed E-state index contributed by atoms with van der Waals surface area (Å²) in [6.45, 7) is 9.88. The Morgan fingerprint density at radius 2 is 1.96 bits per heavy atom. The number of hydrogen-bond acceptors (Lipinski definition) is 3. The van der Waals surface area contributed by atoms with Gasteiger partial charge in [0.25, 0.3) is 11.8 Å². The first-order valence-electron chi connectivity index (χ1n) is 8.54. The van der Waals surface area contributed by atoms with Crippen LogP contribution < -0.4 is 5.32 Å². The maximum atomic E-state index is 12.7. The first-order valence-corrected chi connectivity index (χ1v) is 8.54. The molecule has 0 unspecified atom stereocenters. The zero-order valence-electron chi connectivity index (χ0n) is 14.9. The summed E-state index contributed by atoms with van der Waals surface area (Å²) in [5.74, 6) is 0.396. The lowest BCUT2D eigenvalue weighted by Gasteiger charge is -2.17. The van der Waals surface area contributed by atoms with Crippen molar-refractivity contribution in [1.82, 2.24) is 19.6 Å². The number of pyridine rings is 1. The molecule has 24 heavy (non-hydrogen) atoms. The van der Waals surface area contributed by atoms with E-state index in [9.17, 15) is 9.59 Å². The van der Waals surface area contributed by atoms with Gasteiger partial charge >= 0.3 is 0 Å². The molecule has 2 amide bonds. The van der Waals surface area contributed by atoms with Crippen LogP contribution in [0, 0.1) is 5.92 Å². The minimum Gasteiger partial charge on any atom is -0.351 e. The van der Waals surface area contributed by atoms with Crippen LogP contribution in [-0.4, -0.2) is 45.7 Å². The minimum atomic E-state index is -0.238. The van der Waals surface area contributed by atoms with Crippen LogP contribution in [-0.2, 0) is 0 Å². The summed E-state index contributed by atoms with van der Waals surface area (Å²) in [5, 5.41) is 2.89. The van der Waals surface area contributed by atoms with Gasteiger partial charge in [-0.3, -0.25) is 14.0 Å². The van der Waals surface area contributed by atoms with Crippen molar-refractivity contribution in [2.75, 3.05) is 19.6 Å². The summed E-state index contributed by atoms with van der Waals surface area (Å²) in [6, 6.07) is 5.48. The molecule has 0 bridgehead atoms. The molecule has 2 rings (SSSR count). The average molecular weight is 330 g/mol. The van der Waals surface area contributed by atoms with Crippen LogP contribution in [0.5, 0.6) is 0 Å². The second-order valence-electron chi connectivity index (χ2n) is 6.16. The molecule has 0 radical (unpaired) electrons. The third-order valence-electron chi connectivity index (χ3n) is 4.01. The van der Waals surface area contributed by atoms with Gasteiger partial charge in [0.15, 0.2) is 5.69 Å². The van der Waals surface area contributed by atoms with Gasteiger partial charge in [0.05, 0.1) is 5.52 Å². The number of nitrogens with one attached hydrogen (secondary N) is 1. The van der Waals surface area contributed by atoms with Crippen LogP contribution in [0.4, 0.5) is 0 Å². The zero-order chi connectivity index (χ0) is 17.7. The van der Waals surface area contributed by atoms with E-state index in [-0.39, 0.29) is 17.6 Å². The lowest BCUT2D eigenvalue weighted by atomic mass is 10.1. The van der Waals surface area contributed by atoms with Crippen molar-refractivity contribution in [2.45, 2.75) is 34.1 Å². The van der Waals surface area contributed by atoms with Gasteiger partial charge in [0.1, 0.15) is 0 Å². The fourth-order valence-corrected chi connectivity index (χ4v) is 2.57. The minimum absolute atomic E-state index is 0.164. The molecule has 0 aliphatic rings. The molecular formula is C18H26N4O2. The monoisotopic (exact) mass is 330 g/mol. The van der Waals surface area contributed by atoms with Crippen LogP contribution in [0.15, 0.2) is 24.4 Å². The fourth-order valence-electron chi connectivity index (χ4n) is 2.57. The summed E-state index contributed by atoms with van der Waals surface area (Å²) >= 11 is 0. The Labute approximate surface area is 142 Å². The van der Waals surface area contributed by atoms with Gasteiger partial charge in [0.2, 0.25) is 5.82 Å². The van der Waals surface area contributed by atoms with Crippen LogP contribution in [0.3, 0.4) is 0 Å². The highest BCUT2D eigenvalue weighted by molar-refractivity contribution is 6.02. The van der Waals surface area contributed by atoms with Crippen molar-refractivity contribution in [3.8, 4) is 0 Å². The molecule has 0 aromatic carbocycles. The molecule has 0 atom stereocenters. The van der Waals surface area contributed by atoms with Crippen molar-refractivity contribution >= 4 is 17.3 Å². The summed E-state index contributed by atoms with van der Waals surface area (Å²) < 4.78 is 1.69. The smallest absolute Gasteiger partial charge is 0.290 e. The molecular weight excluding hydrogens is 304 g/mol. The zero-order valence-corrected chi connectivity index (χ0v) is 14.9. The van der Waals surface area contributed by atoms with E-state index in [0.29, 0.717) is 36.8 Å². The van der Waals surface area contributed by atoms with E-state index in [0.717, 1.165) is 6.42 Å². The van der Waals surface area contributed by atoms with Crippen LogP contribution in [0.2, 0.25) is 0 Å². The maximum absolute atomic E-state index is 12.7. The van der Waals surface area contributed by atoms with Gasteiger partial charge in [-0.1, -0.05) is 19.9 Å². The predicted molar refractivity (Wildman–Crippen MR) is 94.2 cm³/mol. The molecule has 1 N–H and O–H groups in total. The molecule has 0 spiro atoms. The fraction of sp³-hybridized carbons (Fsp3) is 0.500. The van der Waals surface area contributed by atoms with E-state index >= 15 is 0 Å². The summed E-state index contributed by atoms with van der Waals surface area (Å²) in [5.41, 5.74) is 0.949. The number of carbonyl (C=O) groups is 2. The molecule has 0 saturated heterocycles. The quantitative estimate of drug-likeness (QED) is 0.848. The molecule has 6 heteroatoms. The highest BCUT2D eigenvalue weighted by Crippen LogP contribution is 2.15. The van der Waals surface area contributed by atoms with Crippen molar-refractivity contribution in [3.05, 3.63) is 35.9 Å². The first kappa shape index (κ1) is 18.0. The summed E-state index contributed by atoms with van der Waals surface area (Å²) in [6.07, 6.45) is 2.67. The Balaban J connectivity index is 2.35. The van der Waals surface area contributed by atoms with Gasteiger partial charge in [0, 0.05) is 25.8 Å². The number of fused-ring (bicyclic) bond motifs is 1. The van der Waals surface area contributed by atoms with E-state index in [4.69, 9.17) is 0 Å². The number of hydrogen-bond donors (Lipinski definition) is 1. The molecule has 0 aliphatic heterocycles. The Bertz CT molecular complexity index is 717. The standard InChI is InChI=1S/C18H26N4O2/c1-5-21(6-2)18(24)16-20-15(14-9-7-8-12-22(14)16)17(23)19-11-10-13(3)4/h7-9,12-13H,5-6,10-11H2,1-4H3,(H,19,23). The number of carbonyl (C=O) groups excluding carboxylic acids is 2. The van der Waals surface area contributed by atoms with Crippen LogP contribution >= 0.6 is 0 Å². The molecule has 6 nitrogen and oxygen atoms in total. The molecule has 130 valence electrons. The highest BCUT2D eigenvalue weighted by atomic mass is 16.2. The maximum Gasteiger partial charge on any atom is 0.290 e. The Hall–Kier alpha value is -2.37. The highest BCUT2D eigenvalue weighted by Gasteiger charge is 2.23. The second kappa shape index (κ2) is 7.95. The van der Waals surface area contributed by atoms with E-state index < -0.39 is 0 Å². The second-order valence-corrected chi connectivity index (χ2v) is 6.16. The van der Waals surface area contributed by atoms with Crippen molar-refractivity contribution < 1.29 is 9.59 Å². The first-order chi connectivity index (χ1) is 11.5. The molecule has 0 saturated carbocycles. The van der Waals surface area contributed by atoms with Gasteiger partial charge in [-0.2, -0.15) is 0 Å². The molecule has 0 aliphatic carbocycles. The lowest BCUT2D eigenvalue weighted by Crippen LogP contribution is -2.32. The van der Waals surface area contributed by atoms with Crippen molar-refractivity contribution in [2.24, 2.45) is 5.92 Å². The van der Waals surface area contributed by atoms with E-state index in [1.807, 2.05) is 32.0 Å². The largest absolute Gasteiger partial charge is 0.351 e. The number of rotatable bonds is 7. The number of amides is 2. The van der Waals surface area contributed by atoms with Crippen LogP contribution in [0.1, 0.15) is 55.2 Å². The summed E-state index contributed by atoms with van der Waals surface area (Å²) in [7, 11) is 0. The van der Waals surface area contributed by atoms with Crippen molar-refractivity contribution in [1.29, 1.82) is 0 Å². The van der Waals surface area contributed by atoms with E-state index in [1.165, 1.54) is 0 Å². The molecule has 2 aromatic rings. The molecule has 0 fully saturated rings. The predicted octanol–water partition coefficient (Wildman–Crippen LogP) is 2.59. The van der Waals surface area contributed by atoms with Crippen molar-refractivity contribution in [3.63, 3.8) is 0 Å². The Morgan fingerprint density at radius 3 is 2.58 bits per heavy atom. The topological polar surface area (TPSA) is 66.7 Å². The normalized spacial score (nSPS) is 11.0. The average Bonchev–Trinajstić information content (AvgIpc) is 2.95. The van der Waals surface area contributed by atoms with Crippen LogP contribution in [0.25, 0.3) is 5.52 Å². The third-order valence-corrected chi connectivity index (χ3v) is 4.01. The Kier molecular flexibility index (Phi) is 5.95. The number of imidazole rings is 1. The Morgan fingerprint density at radius 1 is 1.25 bits per heavy atom. The van der Waals surface area contributed by atoms with Gasteiger partial charge in [-0.15, -0.1) is 0 Å². The van der Waals surface area contributed by atoms with E-state index in [1.54, 1.807) is 15.5 Å². The lowest BCUT2D eigenvalue weighted by molar-refractivity contribution is 0.0760.